The largest absolute Gasteiger partial charge is 0.497 e. The van der Waals surface area contributed by atoms with Crippen LogP contribution in [0.1, 0.15) is 5.56 Å². The van der Waals surface area contributed by atoms with E-state index < -0.39 is 25.2 Å². The van der Waals surface area contributed by atoms with Crippen LogP contribution in [0.3, 0.4) is 0 Å². The summed E-state index contributed by atoms with van der Waals surface area (Å²) in [7, 11) is 3.09. The van der Waals surface area contributed by atoms with E-state index in [2.05, 4.69) is 9.71 Å². The number of hydrogen-bond donors (Lipinski definition) is 1. The molecule has 1 N–H and O–H groups in total. The molecule has 1 aliphatic rings. The van der Waals surface area contributed by atoms with E-state index >= 15 is 0 Å². The van der Waals surface area contributed by atoms with Crippen molar-refractivity contribution in [2.75, 3.05) is 14.2 Å². The van der Waals surface area contributed by atoms with Crippen molar-refractivity contribution in [1.29, 1.82) is 0 Å². The quantitative estimate of drug-likeness (QED) is 0.673. The van der Waals surface area contributed by atoms with Gasteiger partial charge in [0.15, 0.2) is 11.1 Å². The van der Waals surface area contributed by atoms with Gasteiger partial charge in [0.2, 0.25) is 0 Å². The molecule has 150 valence electrons. The Balaban J connectivity index is 1.99. The van der Waals surface area contributed by atoms with Crippen LogP contribution in [0, 0.1) is 0 Å². The lowest BCUT2D eigenvalue weighted by Crippen LogP contribution is -2.20. The Bertz CT molecular complexity index is 1040. The highest BCUT2D eigenvalue weighted by Gasteiger charge is 2.36. The maximum Gasteiger partial charge on any atom is 0.284 e. The molecular formula is C18H18ClFN2O4S2. The summed E-state index contributed by atoms with van der Waals surface area (Å²) in [6.45, 7) is 0. The van der Waals surface area contributed by atoms with Gasteiger partial charge in [-0.2, -0.15) is 12.8 Å². The van der Waals surface area contributed by atoms with Crippen molar-refractivity contribution in [2.45, 2.75) is 10.6 Å². The second-order valence-corrected chi connectivity index (χ2v) is 11.4. The molecule has 1 unspecified atom stereocenters. The van der Waals surface area contributed by atoms with Crippen LogP contribution in [-0.2, 0) is 15.8 Å². The van der Waals surface area contributed by atoms with Crippen molar-refractivity contribution in [2.24, 2.45) is 4.40 Å². The molecule has 1 atom stereocenters. The molecule has 0 radical (unpaired) electrons. The monoisotopic (exact) mass is 444 g/mol. The number of nitrogens with one attached hydrogen (secondary N) is 1. The van der Waals surface area contributed by atoms with Crippen molar-refractivity contribution < 1.29 is 22.3 Å². The number of halogens is 2. The summed E-state index contributed by atoms with van der Waals surface area (Å²) >= 11 is 0. The second kappa shape index (κ2) is 8.02. The van der Waals surface area contributed by atoms with Gasteiger partial charge in [0.05, 0.1) is 19.1 Å². The Morgan fingerprint density at radius 3 is 2.50 bits per heavy atom. The predicted octanol–water partition coefficient (Wildman–Crippen LogP) is 4.28. The first-order valence-corrected chi connectivity index (χ1v) is 12.2. The lowest BCUT2D eigenvalue weighted by molar-refractivity contribution is 0.392. The summed E-state index contributed by atoms with van der Waals surface area (Å²) in [5.41, 5.74) is 0.672. The minimum atomic E-state index is -4.05. The fourth-order valence-corrected chi connectivity index (χ4v) is 6.88. The average Bonchev–Trinajstić information content (AvgIpc) is 2.95. The van der Waals surface area contributed by atoms with Gasteiger partial charge >= 0.3 is 0 Å². The van der Waals surface area contributed by atoms with Crippen LogP contribution in [0.25, 0.3) is 0 Å². The van der Waals surface area contributed by atoms with Crippen molar-refractivity contribution in [1.82, 2.24) is 5.32 Å². The first-order valence-electron chi connectivity index (χ1n) is 8.03. The summed E-state index contributed by atoms with van der Waals surface area (Å²) in [4.78, 5) is -0.00273. The Kier molecular flexibility index (Phi) is 5.87. The molecule has 0 aliphatic carbocycles. The lowest BCUT2D eigenvalue weighted by atomic mass is 10.2. The SMILES string of the molecule is COc1ccc(CS2(Cl)C=C(F)N/C2=N\S(=O)(=O)c2ccccc2)c(OC)c1. The second-order valence-electron chi connectivity index (χ2n) is 5.80. The number of methoxy groups -OCH3 is 2. The third-order valence-corrected chi connectivity index (χ3v) is 8.53. The number of sulfonamides is 1. The van der Waals surface area contributed by atoms with E-state index in [4.69, 9.17) is 20.2 Å². The Morgan fingerprint density at radius 2 is 1.86 bits per heavy atom. The third kappa shape index (κ3) is 4.26. The zero-order valence-electron chi connectivity index (χ0n) is 15.1. The molecule has 6 nitrogen and oxygen atoms in total. The molecule has 0 bridgehead atoms. The van der Waals surface area contributed by atoms with E-state index in [1.807, 2.05) is 0 Å². The maximum absolute atomic E-state index is 14.0. The van der Waals surface area contributed by atoms with E-state index in [1.54, 1.807) is 36.4 Å². The fraction of sp³-hybridized carbons (Fsp3) is 0.167. The van der Waals surface area contributed by atoms with Crippen molar-refractivity contribution in [3.8, 4) is 11.5 Å². The summed E-state index contributed by atoms with van der Waals surface area (Å²) in [5, 5.41) is 3.40. The number of hydrogen-bond acceptors (Lipinski definition) is 4. The molecule has 0 spiro atoms. The van der Waals surface area contributed by atoms with Crippen LogP contribution in [0.15, 0.2) is 69.2 Å². The molecule has 0 amide bonds. The van der Waals surface area contributed by atoms with Gasteiger partial charge in [-0.1, -0.05) is 44.2 Å². The third-order valence-electron chi connectivity index (χ3n) is 3.94. The zero-order chi connectivity index (χ0) is 20.4. The summed E-state index contributed by atoms with van der Waals surface area (Å²) < 4.78 is 53.5. The standard InChI is InChI=1S/C18H18ClFN2O4S2/c1-25-14-9-8-13(16(10-14)26-2)11-27(19)12-17(20)21-18(27)22-28(23,24)15-6-4-3-5-7-15/h3-10,12H,11H2,1-2H3,(H,21,22). The molecule has 2 aromatic rings. The zero-order valence-corrected chi connectivity index (χ0v) is 17.4. The minimum Gasteiger partial charge on any atom is -0.497 e. The Labute approximate surface area is 168 Å². The topological polar surface area (TPSA) is 77.0 Å². The van der Waals surface area contributed by atoms with Crippen molar-refractivity contribution >= 4 is 35.1 Å². The van der Waals surface area contributed by atoms with Gasteiger partial charge < -0.3 is 14.8 Å². The van der Waals surface area contributed by atoms with Crippen LogP contribution in [0.5, 0.6) is 11.5 Å². The van der Waals surface area contributed by atoms with Crippen LogP contribution in [0.2, 0.25) is 0 Å². The lowest BCUT2D eigenvalue weighted by Gasteiger charge is -2.26. The summed E-state index contributed by atoms with van der Waals surface area (Å²) in [6, 6.07) is 12.8. The molecule has 10 heteroatoms. The number of nitrogens with zero attached hydrogens (tertiary/aromatic N) is 1. The molecule has 0 saturated heterocycles. The minimum absolute atomic E-state index is 0.00273. The van der Waals surface area contributed by atoms with Crippen LogP contribution in [0.4, 0.5) is 4.39 Å². The first kappa shape index (κ1) is 20.5. The van der Waals surface area contributed by atoms with Gasteiger partial charge in [-0.25, -0.2) is 0 Å². The van der Waals surface area contributed by atoms with E-state index in [1.165, 1.54) is 31.8 Å². The number of amidine groups is 1. The van der Waals surface area contributed by atoms with E-state index in [-0.39, 0.29) is 15.8 Å². The molecule has 0 aromatic heterocycles. The van der Waals surface area contributed by atoms with Gasteiger partial charge in [0.1, 0.15) is 11.5 Å². The average molecular weight is 445 g/mol. The number of rotatable bonds is 6. The molecule has 2 aromatic carbocycles. The van der Waals surface area contributed by atoms with Crippen molar-refractivity contribution in [3.63, 3.8) is 0 Å². The summed E-state index contributed by atoms with van der Waals surface area (Å²) in [6.07, 6.45) is 0. The van der Waals surface area contributed by atoms with Gasteiger partial charge in [0, 0.05) is 22.8 Å². The molecule has 28 heavy (non-hydrogen) atoms. The predicted molar refractivity (Wildman–Crippen MR) is 110 cm³/mol. The highest BCUT2D eigenvalue weighted by molar-refractivity contribution is 8.62. The number of benzene rings is 2. The Hall–Kier alpha value is -2.23. The van der Waals surface area contributed by atoms with Gasteiger partial charge in [-0.05, 0) is 18.2 Å². The van der Waals surface area contributed by atoms with E-state index in [0.717, 1.165) is 0 Å². The van der Waals surface area contributed by atoms with E-state index in [9.17, 15) is 12.8 Å². The van der Waals surface area contributed by atoms with Crippen LogP contribution >= 0.6 is 19.9 Å². The Morgan fingerprint density at radius 1 is 1.14 bits per heavy atom. The first-order chi connectivity index (χ1) is 13.3. The molecule has 0 saturated carbocycles. The highest BCUT2D eigenvalue weighted by Crippen LogP contribution is 2.62. The molecule has 1 heterocycles. The van der Waals surface area contributed by atoms with Crippen LogP contribution in [-0.4, -0.2) is 27.8 Å². The van der Waals surface area contributed by atoms with Gasteiger partial charge in [-0.15, -0.1) is 4.40 Å². The van der Waals surface area contributed by atoms with Gasteiger partial charge in [-0.3, -0.25) is 0 Å². The highest BCUT2D eigenvalue weighted by atomic mass is 35.7. The maximum atomic E-state index is 14.0. The number of ether oxygens (including phenoxy) is 2. The fourth-order valence-electron chi connectivity index (χ4n) is 2.58. The smallest absolute Gasteiger partial charge is 0.284 e. The summed E-state index contributed by atoms with van der Waals surface area (Å²) in [5.74, 6) is 0.481. The normalized spacial score (nSPS) is 22.9. The molecule has 3 rings (SSSR count). The molecule has 1 aliphatic heterocycles. The van der Waals surface area contributed by atoms with Crippen molar-refractivity contribution in [3.05, 3.63) is 65.5 Å². The van der Waals surface area contributed by atoms with E-state index in [0.29, 0.717) is 17.1 Å². The molecular weight excluding hydrogens is 427 g/mol. The van der Waals surface area contributed by atoms with Crippen LogP contribution < -0.4 is 14.8 Å². The van der Waals surface area contributed by atoms with Gasteiger partial charge in [0.25, 0.3) is 10.0 Å². The molecule has 0 fully saturated rings.